The van der Waals surface area contributed by atoms with E-state index in [2.05, 4.69) is 21.2 Å². The van der Waals surface area contributed by atoms with Crippen LogP contribution in [-0.2, 0) is 9.05 Å². The quantitative estimate of drug-likeness (QED) is 0.789. The number of carbonyl (C=O) groups is 1. The van der Waals surface area contributed by atoms with Gasteiger partial charge in [0, 0.05) is 16.2 Å². The number of hydrogen-bond donors (Lipinski definition) is 1. The lowest BCUT2D eigenvalue weighted by Gasteiger charge is -2.42. The molecule has 0 saturated heterocycles. The fourth-order valence-corrected chi connectivity index (χ4v) is 4.66. The van der Waals surface area contributed by atoms with E-state index < -0.39 is 25.7 Å². The van der Waals surface area contributed by atoms with Crippen molar-refractivity contribution in [3.8, 4) is 0 Å². The van der Waals surface area contributed by atoms with Gasteiger partial charge in [-0.05, 0) is 53.7 Å². The Labute approximate surface area is 135 Å². The molecular weight excluding hydrogens is 385 g/mol. The fraction of sp³-hybridized carbons (Fsp3) is 0.462. The van der Waals surface area contributed by atoms with E-state index >= 15 is 0 Å². The van der Waals surface area contributed by atoms with E-state index in [0.29, 0.717) is 0 Å². The molecule has 1 fully saturated rings. The van der Waals surface area contributed by atoms with E-state index in [-0.39, 0.29) is 15.6 Å². The predicted octanol–water partition coefficient (Wildman–Crippen LogP) is 3.58. The molecule has 0 bridgehead atoms. The monoisotopic (exact) mass is 397 g/mol. The van der Waals surface area contributed by atoms with Crippen LogP contribution in [0.1, 0.15) is 43.0 Å². The van der Waals surface area contributed by atoms with E-state index in [0.717, 1.165) is 37.8 Å². The van der Waals surface area contributed by atoms with Crippen molar-refractivity contribution < 1.29 is 17.6 Å². The molecule has 1 aliphatic carbocycles. The number of rotatable bonds is 4. The maximum atomic E-state index is 13.6. The number of benzene rings is 1. The van der Waals surface area contributed by atoms with E-state index in [1.54, 1.807) is 0 Å². The standard InChI is InChI=1S/C13H14BrClFNO3S/c1-2-13(4-3-5-13)17-12(18)9-6-8(16)7-10(11(9)14)21(15,19)20/h6-7H,2-5H2,1H3,(H,17,18). The van der Waals surface area contributed by atoms with Gasteiger partial charge >= 0.3 is 0 Å². The summed E-state index contributed by atoms with van der Waals surface area (Å²) in [6.07, 6.45) is 3.53. The highest BCUT2D eigenvalue weighted by atomic mass is 79.9. The molecule has 116 valence electrons. The van der Waals surface area contributed by atoms with Crippen LogP contribution < -0.4 is 5.32 Å². The third-order valence-electron chi connectivity index (χ3n) is 3.88. The molecule has 0 aromatic heterocycles. The third kappa shape index (κ3) is 3.40. The van der Waals surface area contributed by atoms with E-state index in [9.17, 15) is 17.6 Å². The molecule has 4 nitrogen and oxygen atoms in total. The van der Waals surface area contributed by atoms with E-state index in [1.807, 2.05) is 6.92 Å². The Hall–Kier alpha value is -0.660. The van der Waals surface area contributed by atoms with Gasteiger partial charge < -0.3 is 5.32 Å². The Morgan fingerprint density at radius 3 is 2.52 bits per heavy atom. The summed E-state index contributed by atoms with van der Waals surface area (Å²) in [5, 5.41) is 2.87. The highest BCUT2D eigenvalue weighted by Crippen LogP contribution is 2.36. The first kappa shape index (κ1) is 16.7. The van der Waals surface area contributed by atoms with E-state index in [1.165, 1.54) is 0 Å². The summed E-state index contributed by atoms with van der Waals surface area (Å²) < 4.78 is 36.4. The Balaban J connectivity index is 2.40. The van der Waals surface area contributed by atoms with Crippen molar-refractivity contribution in [2.45, 2.75) is 43.0 Å². The molecule has 1 N–H and O–H groups in total. The molecule has 1 aromatic carbocycles. The Kier molecular flexibility index (Phi) is 4.66. The molecule has 2 rings (SSSR count). The molecule has 21 heavy (non-hydrogen) atoms. The predicted molar refractivity (Wildman–Crippen MR) is 81.5 cm³/mol. The smallest absolute Gasteiger partial charge is 0.262 e. The van der Waals surface area contributed by atoms with Crippen molar-refractivity contribution >= 4 is 41.6 Å². The van der Waals surface area contributed by atoms with Gasteiger partial charge in [0.05, 0.1) is 10.0 Å². The van der Waals surface area contributed by atoms with Crippen molar-refractivity contribution in [3.63, 3.8) is 0 Å². The van der Waals surface area contributed by atoms with Gasteiger partial charge in [-0.25, -0.2) is 12.8 Å². The van der Waals surface area contributed by atoms with Crippen LogP contribution >= 0.6 is 26.6 Å². The van der Waals surface area contributed by atoms with Gasteiger partial charge in [-0.1, -0.05) is 6.92 Å². The summed E-state index contributed by atoms with van der Waals surface area (Å²) in [7, 11) is 1.11. The lowest BCUT2D eigenvalue weighted by atomic mass is 9.74. The van der Waals surface area contributed by atoms with Crippen molar-refractivity contribution in [3.05, 3.63) is 28.0 Å². The van der Waals surface area contributed by atoms with Gasteiger partial charge in [0.15, 0.2) is 0 Å². The largest absolute Gasteiger partial charge is 0.347 e. The molecule has 8 heteroatoms. The minimum Gasteiger partial charge on any atom is -0.347 e. The molecule has 0 unspecified atom stereocenters. The van der Waals surface area contributed by atoms with E-state index in [4.69, 9.17) is 10.7 Å². The van der Waals surface area contributed by atoms with Crippen LogP contribution in [0.15, 0.2) is 21.5 Å². The lowest BCUT2D eigenvalue weighted by molar-refractivity contribution is 0.0819. The molecule has 1 saturated carbocycles. The Bertz CT molecular complexity index is 683. The zero-order valence-electron chi connectivity index (χ0n) is 11.3. The third-order valence-corrected chi connectivity index (χ3v) is 6.34. The average Bonchev–Trinajstić information content (AvgIpc) is 2.34. The SMILES string of the molecule is CCC1(NC(=O)c2cc(F)cc(S(=O)(=O)Cl)c2Br)CCC1. The molecule has 0 atom stereocenters. The Morgan fingerprint density at radius 2 is 2.10 bits per heavy atom. The first-order chi connectivity index (χ1) is 9.68. The summed E-state index contributed by atoms with van der Waals surface area (Å²) in [5.74, 6) is -1.34. The van der Waals surface area contributed by atoms with Gasteiger partial charge in [0.25, 0.3) is 15.0 Å². The van der Waals surface area contributed by atoms with Crippen LogP contribution in [0, 0.1) is 5.82 Å². The molecule has 0 radical (unpaired) electrons. The molecule has 0 heterocycles. The van der Waals surface area contributed by atoms with Crippen LogP contribution in [0.5, 0.6) is 0 Å². The first-order valence-electron chi connectivity index (χ1n) is 6.45. The van der Waals surface area contributed by atoms with Gasteiger partial charge in [-0.15, -0.1) is 0 Å². The molecule has 0 spiro atoms. The molecule has 1 amide bonds. The summed E-state index contributed by atoms with van der Waals surface area (Å²) >= 11 is 3.03. The van der Waals surface area contributed by atoms with Crippen LogP contribution in [0.3, 0.4) is 0 Å². The topological polar surface area (TPSA) is 63.2 Å². The lowest BCUT2D eigenvalue weighted by Crippen LogP contribution is -2.53. The number of halogens is 3. The summed E-state index contributed by atoms with van der Waals surface area (Å²) in [5.41, 5.74) is -0.350. The van der Waals surface area contributed by atoms with Crippen molar-refractivity contribution in [2.75, 3.05) is 0 Å². The van der Waals surface area contributed by atoms with Gasteiger partial charge in [-0.3, -0.25) is 4.79 Å². The minimum absolute atomic E-state index is 0.0259. The van der Waals surface area contributed by atoms with Crippen LogP contribution in [0.25, 0.3) is 0 Å². The molecule has 1 aliphatic rings. The second-order valence-electron chi connectivity index (χ2n) is 5.14. The van der Waals surface area contributed by atoms with Crippen molar-refractivity contribution in [1.82, 2.24) is 5.32 Å². The average molecular weight is 399 g/mol. The normalized spacial score (nSPS) is 17.1. The number of carbonyl (C=O) groups excluding carboxylic acids is 1. The fourth-order valence-electron chi connectivity index (χ4n) is 2.39. The maximum absolute atomic E-state index is 13.6. The number of amides is 1. The van der Waals surface area contributed by atoms with Crippen LogP contribution in [0.2, 0.25) is 0 Å². The zero-order valence-corrected chi connectivity index (χ0v) is 14.4. The van der Waals surface area contributed by atoms with Crippen molar-refractivity contribution in [2.24, 2.45) is 0 Å². The summed E-state index contributed by atoms with van der Waals surface area (Å²) in [6, 6.07) is 1.77. The summed E-state index contributed by atoms with van der Waals surface area (Å²) in [4.78, 5) is 11.9. The van der Waals surface area contributed by atoms with Gasteiger partial charge in [0.2, 0.25) is 0 Å². The Morgan fingerprint density at radius 1 is 1.48 bits per heavy atom. The number of hydrogen-bond acceptors (Lipinski definition) is 3. The van der Waals surface area contributed by atoms with Gasteiger partial charge in [-0.2, -0.15) is 0 Å². The highest BCUT2D eigenvalue weighted by Gasteiger charge is 2.37. The van der Waals surface area contributed by atoms with Crippen molar-refractivity contribution in [1.29, 1.82) is 0 Å². The molecule has 0 aliphatic heterocycles. The van der Waals surface area contributed by atoms with Crippen LogP contribution in [0.4, 0.5) is 4.39 Å². The first-order valence-corrected chi connectivity index (χ1v) is 9.55. The highest BCUT2D eigenvalue weighted by molar-refractivity contribution is 9.10. The molecular formula is C13H14BrClFNO3S. The minimum atomic E-state index is -4.15. The maximum Gasteiger partial charge on any atom is 0.262 e. The second-order valence-corrected chi connectivity index (χ2v) is 8.47. The second kappa shape index (κ2) is 5.85. The molecule has 1 aromatic rings. The summed E-state index contributed by atoms with van der Waals surface area (Å²) in [6.45, 7) is 1.97. The zero-order chi connectivity index (χ0) is 15.8. The van der Waals surface area contributed by atoms with Gasteiger partial charge in [0.1, 0.15) is 10.7 Å². The number of nitrogens with one attached hydrogen (secondary N) is 1. The van der Waals surface area contributed by atoms with Crippen LogP contribution in [-0.4, -0.2) is 19.9 Å².